The molecule has 0 bridgehead atoms. The molecule has 1 unspecified atom stereocenters. The standard InChI is InChI=1S/C4H10BNO/c1-6(2)3-4(5)7/h4,7H,3H2,1-2H3. The summed E-state index contributed by atoms with van der Waals surface area (Å²) >= 11 is 0. The molecule has 1 N–H and O–H groups in total. The van der Waals surface area contributed by atoms with E-state index in [0.29, 0.717) is 6.54 Å². The SMILES string of the molecule is [B]C(O)CN(C)C. The summed E-state index contributed by atoms with van der Waals surface area (Å²) in [4.78, 5) is 1.82. The molecule has 0 spiro atoms. The second-order valence-corrected chi connectivity index (χ2v) is 1.83. The van der Waals surface area contributed by atoms with Crippen LogP contribution in [0.4, 0.5) is 0 Å². The van der Waals surface area contributed by atoms with Crippen LogP contribution in [0.25, 0.3) is 0 Å². The molecular formula is C4H10BNO. The molecule has 0 aliphatic rings. The number of rotatable bonds is 2. The van der Waals surface area contributed by atoms with Gasteiger partial charge in [0.25, 0.3) is 0 Å². The van der Waals surface area contributed by atoms with Gasteiger partial charge in [0, 0.05) is 12.5 Å². The number of aliphatic hydroxyl groups is 1. The van der Waals surface area contributed by atoms with Crippen molar-refractivity contribution < 1.29 is 5.11 Å². The van der Waals surface area contributed by atoms with Crippen molar-refractivity contribution in [2.45, 2.75) is 6.00 Å². The Morgan fingerprint density at radius 1 is 1.71 bits per heavy atom. The van der Waals surface area contributed by atoms with E-state index < -0.39 is 6.00 Å². The first kappa shape index (κ1) is 6.98. The topological polar surface area (TPSA) is 23.5 Å². The first-order chi connectivity index (χ1) is 3.13. The van der Waals surface area contributed by atoms with Crippen molar-refractivity contribution in [1.29, 1.82) is 0 Å². The van der Waals surface area contributed by atoms with E-state index in [0.717, 1.165) is 0 Å². The molecule has 0 saturated heterocycles. The fraction of sp³-hybridized carbons (Fsp3) is 1.00. The van der Waals surface area contributed by atoms with Crippen molar-refractivity contribution in [3.63, 3.8) is 0 Å². The Labute approximate surface area is 45.5 Å². The normalized spacial score (nSPS) is 14.9. The van der Waals surface area contributed by atoms with Crippen LogP contribution in [0.1, 0.15) is 0 Å². The first-order valence-corrected chi connectivity index (χ1v) is 2.21. The van der Waals surface area contributed by atoms with Crippen LogP contribution in [0.2, 0.25) is 0 Å². The molecule has 0 aromatic rings. The zero-order valence-electron chi connectivity index (χ0n) is 4.76. The van der Waals surface area contributed by atoms with Gasteiger partial charge in [-0.3, -0.25) is 0 Å². The van der Waals surface area contributed by atoms with Gasteiger partial charge in [0.15, 0.2) is 0 Å². The molecule has 0 aromatic heterocycles. The quantitative estimate of drug-likeness (QED) is 0.450. The number of hydrogen-bond donors (Lipinski definition) is 1. The summed E-state index contributed by atoms with van der Waals surface area (Å²) < 4.78 is 0. The van der Waals surface area contributed by atoms with Gasteiger partial charge in [-0.15, -0.1) is 0 Å². The van der Waals surface area contributed by atoms with Gasteiger partial charge in [0.2, 0.25) is 0 Å². The van der Waals surface area contributed by atoms with Crippen LogP contribution in [0, 0.1) is 0 Å². The highest BCUT2D eigenvalue weighted by molar-refractivity contribution is 6.10. The summed E-state index contributed by atoms with van der Waals surface area (Å²) in [5.41, 5.74) is 0. The third-order valence-corrected chi connectivity index (χ3v) is 0.552. The maximum atomic E-state index is 8.46. The van der Waals surface area contributed by atoms with Gasteiger partial charge in [0.05, 0.1) is 0 Å². The minimum Gasteiger partial charge on any atom is -0.402 e. The summed E-state index contributed by atoms with van der Waals surface area (Å²) in [6.07, 6.45) is 0. The maximum Gasteiger partial charge on any atom is 0.110 e. The highest BCUT2D eigenvalue weighted by Crippen LogP contribution is 1.76. The van der Waals surface area contributed by atoms with Gasteiger partial charge in [0.1, 0.15) is 7.85 Å². The third-order valence-electron chi connectivity index (χ3n) is 0.552. The molecule has 40 valence electrons. The van der Waals surface area contributed by atoms with E-state index in [-0.39, 0.29) is 0 Å². The summed E-state index contributed by atoms with van der Waals surface area (Å²) in [6, 6.07) is -0.699. The van der Waals surface area contributed by atoms with Gasteiger partial charge in [-0.25, -0.2) is 0 Å². The molecule has 2 radical (unpaired) electrons. The van der Waals surface area contributed by atoms with E-state index in [4.69, 9.17) is 13.0 Å². The van der Waals surface area contributed by atoms with Crippen LogP contribution in [-0.2, 0) is 0 Å². The molecule has 0 fully saturated rings. The Balaban J connectivity index is 2.95. The Morgan fingerprint density at radius 2 is 2.14 bits per heavy atom. The van der Waals surface area contributed by atoms with Crippen molar-refractivity contribution in [2.24, 2.45) is 0 Å². The van der Waals surface area contributed by atoms with Gasteiger partial charge >= 0.3 is 0 Å². The molecule has 3 heteroatoms. The summed E-state index contributed by atoms with van der Waals surface area (Å²) in [5, 5.41) is 8.46. The lowest BCUT2D eigenvalue weighted by Crippen LogP contribution is -2.25. The predicted molar refractivity (Wildman–Crippen MR) is 30.3 cm³/mol. The van der Waals surface area contributed by atoms with Gasteiger partial charge in [-0.2, -0.15) is 0 Å². The monoisotopic (exact) mass is 99.1 g/mol. The molecule has 7 heavy (non-hydrogen) atoms. The fourth-order valence-electron chi connectivity index (χ4n) is 0.374. The summed E-state index contributed by atoms with van der Waals surface area (Å²) in [5.74, 6) is 0. The lowest BCUT2D eigenvalue weighted by molar-refractivity contribution is 0.206. The van der Waals surface area contributed by atoms with Crippen LogP contribution in [0.3, 0.4) is 0 Å². The van der Waals surface area contributed by atoms with Crippen LogP contribution < -0.4 is 0 Å². The number of likely N-dealkylation sites (N-methyl/N-ethyl adjacent to an activating group) is 1. The van der Waals surface area contributed by atoms with Gasteiger partial charge in [-0.1, -0.05) is 0 Å². The highest BCUT2D eigenvalue weighted by atomic mass is 16.3. The number of nitrogens with zero attached hydrogens (tertiary/aromatic N) is 1. The van der Waals surface area contributed by atoms with Crippen molar-refractivity contribution in [2.75, 3.05) is 20.6 Å². The molecule has 0 amide bonds. The molecule has 1 atom stereocenters. The van der Waals surface area contributed by atoms with E-state index in [2.05, 4.69) is 0 Å². The van der Waals surface area contributed by atoms with Crippen molar-refractivity contribution in [3.8, 4) is 0 Å². The fourth-order valence-corrected chi connectivity index (χ4v) is 0.374. The highest BCUT2D eigenvalue weighted by Gasteiger charge is 1.93. The van der Waals surface area contributed by atoms with E-state index in [1.54, 1.807) is 0 Å². The first-order valence-electron chi connectivity index (χ1n) is 2.21. The molecule has 0 aromatic carbocycles. The Kier molecular flexibility index (Phi) is 3.04. The molecule has 0 aliphatic carbocycles. The second kappa shape index (κ2) is 3.05. The lowest BCUT2D eigenvalue weighted by Gasteiger charge is -2.10. The zero-order chi connectivity index (χ0) is 5.86. The Bertz CT molecular complexity index is 41.0. The Hall–Kier alpha value is -0.0151. The molecular weight excluding hydrogens is 88.9 g/mol. The predicted octanol–water partition coefficient (Wildman–Crippen LogP) is -0.965. The molecule has 0 saturated carbocycles. The van der Waals surface area contributed by atoms with Crippen molar-refractivity contribution in [1.82, 2.24) is 4.90 Å². The van der Waals surface area contributed by atoms with E-state index >= 15 is 0 Å². The largest absolute Gasteiger partial charge is 0.402 e. The maximum absolute atomic E-state index is 8.46. The Morgan fingerprint density at radius 3 is 2.14 bits per heavy atom. The van der Waals surface area contributed by atoms with E-state index in [9.17, 15) is 0 Å². The average Bonchev–Trinajstić information content (AvgIpc) is 1.27. The van der Waals surface area contributed by atoms with Crippen molar-refractivity contribution in [3.05, 3.63) is 0 Å². The lowest BCUT2D eigenvalue weighted by atomic mass is 10.0. The van der Waals surface area contributed by atoms with E-state index in [1.807, 2.05) is 19.0 Å². The molecule has 0 heterocycles. The van der Waals surface area contributed by atoms with Crippen LogP contribution in [0.5, 0.6) is 0 Å². The van der Waals surface area contributed by atoms with Crippen LogP contribution >= 0.6 is 0 Å². The number of hydrogen-bond acceptors (Lipinski definition) is 2. The molecule has 0 rings (SSSR count). The smallest absolute Gasteiger partial charge is 0.110 e. The van der Waals surface area contributed by atoms with Crippen molar-refractivity contribution >= 4 is 7.85 Å². The van der Waals surface area contributed by atoms with Crippen LogP contribution in [0.15, 0.2) is 0 Å². The zero-order valence-corrected chi connectivity index (χ0v) is 4.76. The number of aliphatic hydroxyl groups excluding tert-OH is 1. The summed E-state index contributed by atoms with van der Waals surface area (Å²) in [7, 11) is 8.72. The molecule has 2 nitrogen and oxygen atoms in total. The minimum absolute atomic E-state index is 0.528. The van der Waals surface area contributed by atoms with Crippen LogP contribution in [-0.4, -0.2) is 44.5 Å². The minimum atomic E-state index is -0.699. The average molecular weight is 98.9 g/mol. The van der Waals surface area contributed by atoms with E-state index in [1.165, 1.54) is 0 Å². The van der Waals surface area contributed by atoms with Gasteiger partial charge < -0.3 is 10.0 Å². The molecule has 0 aliphatic heterocycles. The van der Waals surface area contributed by atoms with Gasteiger partial charge in [-0.05, 0) is 14.1 Å². The second-order valence-electron chi connectivity index (χ2n) is 1.83. The third kappa shape index (κ3) is 5.98. The summed E-state index contributed by atoms with van der Waals surface area (Å²) in [6.45, 7) is 0.528.